The SMILES string of the molecule is CCn1c(=O)/c(=C/c2ccc(N3CCCC3)cc2)s/c1=C(/C#N)C(N)=O. The lowest BCUT2D eigenvalue weighted by atomic mass is 10.2. The summed E-state index contributed by atoms with van der Waals surface area (Å²) < 4.78 is 2.20. The van der Waals surface area contributed by atoms with E-state index < -0.39 is 5.91 Å². The molecule has 1 aromatic carbocycles. The molecule has 1 saturated heterocycles. The van der Waals surface area contributed by atoms with Gasteiger partial charge in [-0.05, 0) is 43.5 Å². The Morgan fingerprint density at radius 2 is 1.96 bits per heavy atom. The highest BCUT2D eigenvalue weighted by Crippen LogP contribution is 2.20. The first kappa shape index (κ1) is 18.0. The number of hydrogen-bond acceptors (Lipinski definition) is 5. The maximum Gasteiger partial charge on any atom is 0.269 e. The molecular formula is C19H20N4O2S. The molecule has 26 heavy (non-hydrogen) atoms. The average molecular weight is 368 g/mol. The smallest absolute Gasteiger partial charge is 0.269 e. The molecule has 2 aromatic rings. The van der Waals surface area contributed by atoms with Crippen LogP contribution in [0.2, 0.25) is 0 Å². The summed E-state index contributed by atoms with van der Waals surface area (Å²) in [4.78, 5) is 26.4. The van der Waals surface area contributed by atoms with Crippen LogP contribution < -0.4 is 25.4 Å². The predicted molar refractivity (Wildman–Crippen MR) is 103 cm³/mol. The zero-order valence-electron chi connectivity index (χ0n) is 14.6. The van der Waals surface area contributed by atoms with Crippen molar-refractivity contribution >= 4 is 34.6 Å². The molecule has 1 fully saturated rings. The second kappa shape index (κ2) is 7.58. The molecule has 0 unspecified atom stereocenters. The molecule has 0 radical (unpaired) electrons. The minimum Gasteiger partial charge on any atom is -0.372 e. The second-order valence-corrected chi connectivity index (χ2v) is 7.13. The summed E-state index contributed by atoms with van der Waals surface area (Å²) in [7, 11) is 0. The fourth-order valence-corrected chi connectivity index (χ4v) is 4.28. The number of nitriles is 1. The molecule has 0 atom stereocenters. The molecule has 1 aromatic heterocycles. The third-order valence-corrected chi connectivity index (χ3v) is 5.59. The van der Waals surface area contributed by atoms with Crippen LogP contribution in [0, 0.1) is 11.3 Å². The van der Waals surface area contributed by atoms with Gasteiger partial charge in [0.25, 0.3) is 11.5 Å². The van der Waals surface area contributed by atoms with Crippen LogP contribution in [0.3, 0.4) is 0 Å². The van der Waals surface area contributed by atoms with Crippen LogP contribution in [-0.4, -0.2) is 23.6 Å². The molecule has 7 heteroatoms. The zero-order chi connectivity index (χ0) is 18.7. The molecule has 0 aliphatic carbocycles. The maximum atomic E-state index is 12.6. The minimum atomic E-state index is -0.822. The van der Waals surface area contributed by atoms with Crippen LogP contribution >= 0.6 is 11.3 Å². The van der Waals surface area contributed by atoms with E-state index in [2.05, 4.69) is 17.0 Å². The maximum absolute atomic E-state index is 12.6. The largest absolute Gasteiger partial charge is 0.372 e. The number of anilines is 1. The minimum absolute atomic E-state index is 0.182. The van der Waals surface area contributed by atoms with Gasteiger partial charge >= 0.3 is 0 Å². The van der Waals surface area contributed by atoms with Crippen molar-refractivity contribution in [2.75, 3.05) is 18.0 Å². The number of aromatic nitrogens is 1. The number of nitrogens with zero attached hydrogens (tertiary/aromatic N) is 3. The number of nitrogens with two attached hydrogens (primary N) is 1. The van der Waals surface area contributed by atoms with Gasteiger partial charge in [0.2, 0.25) is 0 Å². The number of benzene rings is 1. The van der Waals surface area contributed by atoms with E-state index in [4.69, 9.17) is 5.73 Å². The average Bonchev–Trinajstić information content (AvgIpc) is 3.25. The van der Waals surface area contributed by atoms with Crippen LogP contribution in [0.15, 0.2) is 29.1 Å². The molecule has 3 rings (SSSR count). The normalized spacial score (nSPS) is 15.8. The van der Waals surface area contributed by atoms with Crippen molar-refractivity contribution in [1.29, 1.82) is 5.26 Å². The van der Waals surface area contributed by atoms with E-state index in [1.165, 1.54) is 23.1 Å². The summed E-state index contributed by atoms with van der Waals surface area (Å²) in [5, 5.41) is 9.18. The Hall–Kier alpha value is -2.85. The van der Waals surface area contributed by atoms with Crippen LogP contribution in [0.5, 0.6) is 0 Å². The Kier molecular flexibility index (Phi) is 5.24. The van der Waals surface area contributed by atoms with Crippen molar-refractivity contribution in [2.45, 2.75) is 26.3 Å². The summed E-state index contributed by atoms with van der Waals surface area (Å²) in [6.07, 6.45) is 4.23. The first-order chi connectivity index (χ1) is 12.5. The van der Waals surface area contributed by atoms with Gasteiger partial charge in [0.1, 0.15) is 10.7 Å². The van der Waals surface area contributed by atoms with Crippen LogP contribution in [0.4, 0.5) is 5.69 Å². The molecular weight excluding hydrogens is 348 g/mol. The van der Waals surface area contributed by atoms with Gasteiger partial charge in [0, 0.05) is 25.3 Å². The Balaban J connectivity index is 2.07. The van der Waals surface area contributed by atoms with Gasteiger partial charge < -0.3 is 10.6 Å². The number of carbonyl (C=O) groups is 1. The Morgan fingerprint density at radius 3 is 2.50 bits per heavy atom. The van der Waals surface area contributed by atoms with Gasteiger partial charge in [-0.2, -0.15) is 5.26 Å². The lowest BCUT2D eigenvalue weighted by Crippen LogP contribution is -2.33. The van der Waals surface area contributed by atoms with E-state index >= 15 is 0 Å². The van der Waals surface area contributed by atoms with E-state index in [1.807, 2.05) is 18.2 Å². The molecule has 6 nitrogen and oxygen atoms in total. The number of amides is 1. The molecule has 2 heterocycles. The summed E-state index contributed by atoms with van der Waals surface area (Å²) >= 11 is 1.12. The lowest BCUT2D eigenvalue weighted by Gasteiger charge is -2.17. The highest BCUT2D eigenvalue weighted by molar-refractivity contribution is 7.07. The van der Waals surface area contributed by atoms with E-state index in [9.17, 15) is 14.9 Å². The molecule has 1 aliphatic heterocycles. The van der Waals surface area contributed by atoms with Crippen molar-refractivity contribution in [2.24, 2.45) is 5.73 Å². The number of rotatable bonds is 4. The van der Waals surface area contributed by atoms with E-state index in [0.29, 0.717) is 15.7 Å². The fourth-order valence-electron chi connectivity index (χ4n) is 3.11. The molecule has 1 aliphatic rings. The van der Waals surface area contributed by atoms with Crippen LogP contribution in [-0.2, 0) is 11.3 Å². The Bertz CT molecular complexity index is 1040. The lowest BCUT2D eigenvalue weighted by molar-refractivity contribution is -0.112. The summed E-state index contributed by atoms with van der Waals surface area (Å²) in [5.74, 6) is -0.822. The topological polar surface area (TPSA) is 92.1 Å². The Labute approximate surface area is 155 Å². The van der Waals surface area contributed by atoms with E-state index in [-0.39, 0.29) is 11.1 Å². The molecule has 2 N–H and O–H groups in total. The molecule has 0 saturated carbocycles. The van der Waals surface area contributed by atoms with Gasteiger partial charge in [-0.25, -0.2) is 0 Å². The van der Waals surface area contributed by atoms with Crippen molar-refractivity contribution in [3.8, 4) is 6.07 Å². The third-order valence-electron chi connectivity index (χ3n) is 4.46. The summed E-state index contributed by atoms with van der Waals surface area (Å²) in [6, 6.07) is 9.88. The summed E-state index contributed by atoms with van der Waals surface area (Å²) in [5.41, 5.74) is 6.96. The van der Waals surface area contributed by atoms with Gasteiger partial charge in [-0.3, -0.25) is 14.2 Å². The summed E-state index contributed by atoms with van der Waals surface area (Å²) in [6.45, 7) is 4.32. The van der Waals surface area contributed by atoms with Crippen molar-refractivity contribution in [3.63, 3.8) is 0 Å². The zero-order valence-corrected chi connectivity index (χ0v) is 15.4. The van der Waals surface area contributed by atoms with Gasteiger partial charge in [-0.15, -0.1) is 11.3 Å². The van der Waals surface area contributed by atoms with Gasteiger partial charge in [-0.1, -0.05) is 12.1 Å². The highest BCUT2D eigenvalue weighted by Gasteiger charge is 2.13. The Morgan fingerprint density at radius 1 is 1.31 bits per heavy atom. The predicted octanol–water partition coefficient (Wildman–Crippen LogP) is 0.518. The van der Waals surface area contributed by atoms with Gasteiger partial charge in [0.15, 0.2) is 5.57 Å². The van der Waals surface area contributed by atoms with E-state index in [0.717, 1.165) is 30.0 Å². The standard InChI is InChI=1S/C19H20N4O2S/c1-2-23-18(25)16(26-19(23)15(12-20)17(21)24)11-13-5-7-14(8-6-13)22-9-3-4-10-22/h5-8,11H,2-4,9-10H2,1H3,(H2,21,24)/b16-11-,19-15-. The fraction of sp³-hybridized carbons (Fsp3) is 0.316. The monoisotopic (exact) mass is 368 g/mol. The van der Waals surface area contributed by atoms with Crippen LogP contribution in [0.25, 0.3) is 11.6 Å². The molecule has 1 amide bonds. The van der Waals surface area contributed by atoms with Crippen LogP contribution in [0.1, 0.15) is 25.3 Å². The molecule has 0 spiro atoms. The van der Waals surface area contributed by atoms with Crippen molar-refractivity contribution in [1.82, 2.24) is 4.57 Å². The first-order valence-electron chi connectivity index (χ1n) is 8.55. The number of hydrogen-bond donors (Lipinski definition) is 1. The number of carbonyl (C=O) groups excluding carboxylic acids is 1. The molecule has 0 bridgehead atoms. The number of primary amides is 1. The second-order valence-electron chi connectivity index (χ2n) is 6.10. The number of thiazole rings is 1. The van der Waals surface area contributed by atoms with Crippen molar-refractivity contribution in [3.05, 3.63) is 49.4 Å². The third kappa shape index (κ3) is 3.41. The van der Waals surface area contributed by atoms with Crippen molar-refractivity contribution < 1.29 is 4.79 Å². The van der Waals surface area contributed by atoms with E-state index in [1.54, 1.807) is 13.0 Å². The molecule has 134 valence electrons. The first-order valence-corrected chi connectivity index (χ1v) is 9.37. The highest BCUT2D eigenvalue weighted by atomic mass is 32.1. The quantitative estimate of drug-likeness (QED) is 0.851. The van der Waals surface area contributed by atoms with Gasteiger partial charge in [0.05, 0.1) is 4.53 Å².